The summed E-state index contributed by atoms with van der Waals surface area (Å²) in [6, 6.07) is 9.22. The Kier molecular flexibility index (Phi) is 4.77. The average molecular weight is 366 g/mol. The third-order valence-corrected chi connectivity index (χ3v) is 4.85. The van der Waals surface area contributed by atoms with E-state index >= 15 is 0 Å². The Morgan fingerprint density at radius 1 is 1.30 bits per heavy atom. The van der Waals surface area contributed by atoms with Gasteiger partial charge < -0.3 is 14.6 Å². The van der Waals surface area contributed by atoms with Crippen LogP contribution >= 0.6 is 0 Å². The van der Waals surface area contributed by atoms with Crippen LogP contribution in [0.2, 0.25) is 0 Å². The van der Waals surface area contributed by atoms with Gasteiger partial charge in [-0.05, 0) is 31.9 Å². The smallest absolute Gasteiger partial charge is 0.282 e. The van der Waals surface area contributed by atoms with E-state index in [0.717, 1.165) is 19.4 Å². The zero-order valence-corrected chi connectivity index (χ0v) is 15.2. The van der Waals surface area contributed by atoms with Crippen LogP contribution in [0.15, 0.2) is 47.5 Å². The van der Waals surface area contributed by atoms with Crippen LogP contribution in [0.3, 0.4) is 0 Å². The summed E-state index contributed by atoms with van der Waals surface area (Å²) < 4.78 is 8.75. The van der Waals surface area contributed by atoms with Crippen LogP contribution in [0.4, 0.5) is 0 Å². The molecule has 1 aromatic carbocycles. The van der Waals surface area contributed by atoms with Gasteiger partial charge in [0.2, 0.25) is 0 Å². The van der Waals surface area contributed by atoms with E-state index in [1.165, 1.54) is 4.68 Å². The third-order valence-electron chi connectivity index (χ3n) is 4.85. The first-order valence-corrected chi connectivity index (χ1v) is 9.25. The molecule has 7 nitrogen and oxygen atoms in total. The van der Waals surface area contributed by atoms with Crippen molar-refractivity contribution < 1.29 is 9.53 Å². The lowest BCUT2D eigenvalue weighted by atomic mass is 10.1. The standard InChI is InChI=1S/C20H22N4O3/c1-2-23-12-16(19(25)21-11-15-9-6-10-27-15)18-17(13-23)20(26)24(22-18)14-7-4-3-5-8-14/h3-5,7-8,12-13,15H,2,6,9-11H2,1H3,(H,21,25)/t15-/m1/s1. The maximum absolute atomic E-state index is 12.9. The first kappa shape index (κ1) is 17.5. The zero-order valence-electron chi connectivity index (χ0n) is 15.2. The van der Waals surface area contributed by atoms with Crippen molar-refractivity contribution in [2.45, 2.75) is 32.4 Å². The molecular formula is C20H22N4O3. The number of pyridine rings is 1. The highest BCUT2D eigenvalue weighted by Gasteiger charge is 2.25. The van der Waals surface area contributed by atoms with Crippen molar-refractivity contribution in [3.8, 4) is 16.9 Å². The van der Waals surface area contributed by atoms with Gasteiger partial charge in [0, 0.05) is 32.1 Å². The Balaban J connectivity index is 1.73. The van der Waals surface area contributed by atoms with Crippen LogP contribution in [0.25, 0.3) is 16.9 Å². The number of nitrogens with one attached hydrogen (secondary N) is 1. The molecule has 1 atom stereocenters. The molecule has 0 spiro atoms. The number of carbonyl (C=O) groups is 1. The van der Waals surface area contributed by atoms with Crippen molar-refractivity contribution in [2.24, 2.45) is 0 Å². The van der Waals surface area contributed by atoms with E-state index in [2.05, 4.69) is 10.4 Å². The van der Waals surface area contributed by atoms with Gasteiger partial charge in [-0.25, -0.2) is 0 Å². The molecular weight excluding hydrogens is 344 g/mol. The third kappa shape index (κ3) is 3.38. The molecule has 4 rings (SSSR count). The lowest BCUT2D eigenvalue weighted by molar-refractivity contribution is 0.0857. The average Bonchev–Trinajstić information content (AvgIpc) is 3.34. The van der Waals surface area contributed by atoms with Crippen molar-refractivity contribution in [1.29, 1.82) is 0 Å². The Bertz CT molecular complexity index is 971. The van der Waals surface area contributed by atoms with Gasteiger partial charge in [-0.3, -0.25) is 9.59 Å². The van der Waals surface area contributed by atoms with Crippen molar-refractivity contribution in [2.75, 3.05) is 13.2 Å². The van der Waals surface area contributed by atoms with E-state index in [1.807, 2.05) is 41.8 Å². The summed E-state index contributed by atoms with van der Waals surface area (Å²) in [4.78, 5) is 25.7. The van der Waals surface area contributed by atoms with Crippen LogP contribution in [0, 0.1) is 0 Å². The minimum atomic E-state index is -0.240. The number of hydrogen-bond acceptors (Lipinski definition) is 4. The van der Waals surface area contributed by atoms with E-state index in [9.17, 15) is 9.59 Å². The minimum Gasteiger partial charge on any atom is -0.376 e. The van der Waals surface area contributed by atoms with Crippen LogP contribution in [-0.4, -0.2) is 39.5 Å². The number of para-hydroxylation sites is 1. The molecule has 0 aliphatic carbocycles. The van der Waals surface area contributed by atoms with Crippen molar-refractivity contribution in [3.63, 3.8) is 0 Å². The molecule has 0 saturated carbocycles. The second-order valence-electron chi connectivity index (χ2n) is 6.66. The molecule has 1 saturated heterocycles. The normalized spacial score (nSPS) is 16.7. The maximum atomic E-state index is 12.9. The number of ether oxygens (including phenoxy) is 1. The molecule has 3 heterocycles. The number of rotatable bonds is 5. The van der Waals surface area contributed by atoms with E-state index in [4.69, 9.17) is 4.74 Å². The molecule has 0 bridgehead atoms. The fourth-order valence-electron chi connectivity index (χ4n) is 3.36. The van der Waals surface area contributed by atoms with Crippen molar-refractivity contribution in [1.82, 2.24) is 19.7 Å². The molecule has 1 aromatic rings. The predicted molar refractivity (Wildman–Crippen MR) is 101 cm³/mol. The van der Waals surface area contributed by atoms with Gasteiger partial charge in [0.05, 0.1) is 22.9 Å². The van der Waals surface area contributed by atoms with Gasteiger partial charge in [0.25, 0.3) is 11.5 Å². The quantitative estimate of drug-likeness (QED) is 0.750. The molecule has 7 heteroatoms. The van der Waals surface area contributed by atoms with Gasteiger partial charge in [-0.2, -0.15) is 9.78 Å². The highest BCUT2D eigenvalue weighted by molar-refractivity contribution is 5.99. The van der Waals surface area contributed by atoms with E-state index in [0.29, 0.717) is 35.6 Å². The molecule has 1 fully saturated rings. The van der Waals surface area contributed by atoms with Crippen molar-refractivity contribution >= 4 is 5.91 Å². The molecule has 3 aliphatic heterocycles. The summed E-state index contributed by atoms with van der Waals surface area (Å²) in [5.41, 5.74) is 1.70. The Morgan fingerprint density at radius 3 is 2.81 bits per heavy atom. The minimum absolute atomic E-state index is 0.0587. The first-order chi connectivity index (χ1) is 13.2. The Morgan fingerprint density at radius 2 is 2.11 bits per heavy atom. The Hall–Kier alpha value is -2.93. The summed E-state index contributed by atoms with van der Waals surface area (Å²) >= 11 is 0. The number of nitrogens with zero attached hydrogens (tertiary/aromatic N) is 3. The van der Waals surface area contributed by atoms with E-state index < -0.39 is 0 Å². The summed E-state index contributed by atoms with van der Waals surface area (Å²) in [6.07, 6.45) is 5.53. The van der Waals surface area contributed by atoms with Crippen LogP contribution in [0.1, 0.15) is 30.1 Å². The summed E-state index contributed by atoms with van der Waals surface area (Å²) in [5, 5.41) is 7.38. The van der Waals surface area contributed by atoms with Gasteiger partial charge in [0.15, 0.2) is 0 Å². The van der Waals surface area contributed by atoms with Gasteiger partial charge in [-0.1, -0.05) is 18.2 Å². The lowest BCUT2D eigenvalue weighted by Gasteiger charge is -2.13. The maximum Gasteiger partial charge on any atom is 0.282 e. The SMILES string of the molecule is CCn1cc(C(=O)NC[C@H]2CCCO2)c2nn(-c3ccccc3)c(=O)c-2c1. The molecule has 1 N–H and O–H groups in total. The molecule has 0 radical (unpaired) electrons. The number of hydrogen-bond donors (Lipinski definition) is 1. The molecule has 1 amide bonds. The highest BCUT2D eigenvalue weighted by Crippen LogP contribution is 2.22. The number of aryl methyl sites for hydroxylation is 1. The number of amides is 1. The zero-order chi connectivity index (χ0) is 18.8. The predicted octanol–water partition coefficient (Wildman–Crippen LogP) is 2.07. The number of benzene rings is 1. The highest BCUT2D eigenvalue weighted by atomic mass is 16.5. The molecule has 140 valence electrons. The topological polar surface area (TPSA) is 78.2 Å². The van der Waals surface area contributed by atoms with Crippen molar-refractivity contribution in [3.05, 3.63) is 58.6 Å². The van der Waals surface area contributed by atoms with Crippen LogP contribution in [-0.2, 0) is 11.3 Å². The summed E-state index contributed by atoms with van der Waals surface area (Å²) in [7, 11) is 0. The molecule has 3 aliphatic rings. The van der Waals surface area contributed by atoms with Crippen LogP contribution in [0.5, 0.6) is 0 Å². The summed E-state index contributed by atoms with van der Waals surface area (Å²) in [5.74, 6) is -0.240. The summed E-state index contributed by atoms with van der Waals surface area (Å²) in [6.45, 7) is 3.82. The fourth-order valence-corrected chi connectivity index (χ4v) is 3.36. The van der Waals surface area contributed by atoms with E-state index in [1.54, 1.807) is 12.4 Å². The second kappa shape index (κ2) is 7.36. The molecule has 0 unspecified atom stereocenters. The monoisotopic (exact) mass is 366 g/mol. The number of carbonyl (C=O) groups excluding carboxylic acids is 1. The number of aromatic nitrogens is 3. The first-order valence-electron chi connectivity index (χ1n) is 9.25. The molecule has 27 heavy (non-hydrogen) atoms. The van der Waals surface area contributed by atoms with Crippen LogP contribution < -0.4 is 10.9 Å². The fraction of sp³-hybridized carbons (Fsp3) is 0.350. The van der Waals surface area contributed by atoms with Gasteiger partial charge in [-0.15, -0.1) is 0 Å². The number of fused-ring (bicyclic) bond motifs is 1. The van der Waals surface area contributed by atoms with Gasteiger partial charge in [0.1, 0.15) is 5.69 Å². The van der Waals surface area contributed by atoms with E-state index in [-0.39, 0.29) is 17.6 Å². The van der Waals surface area contributed by atoms with Gasteiger partial charge >= 0.3 is 0 Å². The largest absolute Gasteiger partial charge is 0.376 e. The lowest BCUT2D eigenvalue weighted by Crippen LogP contribution is -2.32. The Labute approximate surface area is 156 Å². The second-order valence-corrected chi connectivity index (χ2v) is 6.66. The molecule has 0 aromatic heterocycles.